The van der Waals surface area contributed by atoms with Gasteiger partial charge in [0.15, 0.2) is 0 Å². The Balaban J connectivity index is 2.35. The van der Waals surface area contributed by atoms with Crippen LogP contribution in [0.4, 0.5) is 0 Å². The molecule has 12 heavy (non-hydrogen) atoms. The Kier molecular flexibility index (Phi) is 2.49. The number of alkyl halides is 1. The number of hydrogen-bond donors (Lipinski definition) is 0. The highest BCUT2D eigenvalue weighted by Crippen LogP contribution is 2.31. The van der Waals surface area contributed by atoms with Crippen LogP contribution >= 0.6 is 34.3 Å². The maximum atomic E-state index is 5.71. The second-order valence-electron chi connectivity index (χ2n) is 2.43. The highest BCUT2D eigenvalue weighted by atomic mass is 35.5. The number of halogens is 1. The van der Waals surface area contributed by atoms with Crippen LogP contribution in [0.2, 0.25) is 0 Å². The van der Waals surface area contributed by atoms with Gasteiger partial charge in [-0.25, -0.2) is 0 Å². The van der Waals surface area contributed by atoms with Gasteiger partial charge >= 0.3 is 0 Å². The van der Waals surface area contributed by atoms with Gasteiger partial charge in [0.2, 0.25) is 0 Å². The first-order valence-corrected chi connectivity index (χ1v) is 5.87. The topological polar surface area (TPSA) is 0 Å². The van der Waals surface area contributed by atoms with Crippen molar-refractivity contribution in [3.05, 3.63) is 34.5 Å². The van der Waals surface area contributed by atoms with Crippen LogP contribution in [0.3, 0.4) is 0 Å². The van der Waals surface area contributed by atoms with Gasteiger partial charge in [0.05, 0.1) is 0 Å². The summed E-state index contributed by atoms with van der Waals surface area (Å²) in [4.78, 5) is 2.65. The van der Waals surface area contributed by atoms with Gasteiger partial charge in [-0.1, -0.05) is 6.07 Å². The molecule has 2 heterocycles. The molecule has 0 atom stereocenters. The van der Waals surface area contributed by atoms with Crippen molar-refractivity contribution in [3.63, 3.8) is 0 Å². The molecule has 0 aliphatic heterocycles. The summed E-state index contributed by atoms with van der Waals surface area (Å²) in [7, 11) is 0. The van der Waals surface area contributed by atoms with Crippen molar-refractivity contribution in [3.8, 4) is 9.75 Å². The minimum absolute atomic E-state index is 0.613. The molecule has 0 radical (unpaired) electrons. The average Bonchev–Trinajstić information content (AvgIpc) is 2.75. The maximum absolute atomic E-state index is 5.71. The predicted octanol–water partition coefficient (Wildman–Crippen LogP) is 4.22. The average molecular weight is 215 g/mol. The van der Waals surface area contributed by atoms with Crippen LogP contribution in [0.15, 0.2) is 29.0 Å². The minimum Gasteiger partial charge on any atom is -0.143 e. The lowest BCUT2D eigenvalue weighted by molar-refractivity contribution is 1.46. The summed E-state index contributed by atoms with van der Waals surface area (Å²) in [6.07, 6.45) is 0. The van der Waals surface area contributed by atoms with E-state index in [2.05, 4.69) is 29.0 Å². The van der Waals surface area contributed by atoms with Crippen molar-refractivity contribution >= 4 is 34.3 Å². The molecule has 0 saturated heterocycles. The van der Waals surface area contributed by atoms with Gasteiger partial charge in [0, 0.05) is 15.6 Å². The summed E-state index contributed by atoms with van der Waals surface area (Å²) in [5.41, 5.74) is 1.21. The fraction of sp³-hybridized carbons (Fsp3) is 0.111. The summed E-state index contributed by atoms with van der Waals surface area (Å²) >= 11 is 9.24. The number of rotatable bonds is 2. The molecule has 2 aromatic heterocycles. The van der Waals surface area contributed by atoms with E-state index in [0.29, 0.717) is 5.88 Å². The molecule has 0 amide bonds. The quantitative estimate of drug-likeness (QED) is 0.657. The van der Waals surface area contributed by atoms with Crippen molar-refractivity contribution in [2.45, 2.75) is 5.88 Å². The zero-order valence-electron chi connectivity index (χ0n) is 6.29. The van der Waals surface area contributed by atoms with E-state index in [-0.39, 0.29) is 0 Å². The van der Waals surface area contributed by atoms with Crippen molar-refractivity contribution in [2.24, 2.45) is 0 Å². The molecular weight excluding hydrogens is 208 g/mol. The molecular formula is C9H7ClS2. The molecule has 0 bridgehead atoms. The van der Waals surface area contributed by atoms with E-state index in [1.165, 1.54) is 15.3 Å². The maximum Gasteiger partial charge on any atom is 0.0482 e. The van der Waals surface area contributed by atoms with Crippen LogP contribution in [0.1, 0.15) is 5.56 Å². The van der Waals surface area contributed by atoms with E-state index in [4.69, 9.17) is 11.6 Å². The van der Waals surface area contributed by atoms with Crippen LogP contribution in [0, 0.1) is 0 Å². The molecule has 3 heteroatoms. The molecule has 0 unspecified atom stereocenters. The number of hydrogen-bond acceptors (Lipinski definition) is 2. The summed E-state index contributed by atoms with van der Waals surface area (Å²) < 4.78 is 0. The third-order valence-corrected chi connectivity index (χ3v) is 3.93. The van der Waals surface area contributed by atoms with Gasteiger partial charge in [-0.05, 0) is 28.5 Å². The fourth-order valence-electron chi connectivity index (χ4n) is 0.994. The third-order valence-electron chi connectivity index (χ3n) is 1.57. The minimum atomic E-state index is 0.613. The molecule has 0 aliphatic carbocycles. The highest BCUT2D eigenvalue weighted by Gasteiger charge is 2.01. The van der Waals surface area contributed by atoms with Gasteiger partial charge in [0.25, 0.3) is 0 Å². The first-order chi connectivity index (χ1) is 5.90. The van der Waals surface area contributed by atoms with Crippen molar-refractivity contribution in [1.82, 2.24) is 0 Å². The Labute approximate surface area is 84.4 Å². The molecule has 62 valence electrons. The zero-order valence-corrected chi connectivity index (χ0v) is 8.68. The van der Waals surface area contributed by atoms with Gasteiger partial charge in [0.1, 0.15) is 0 Å². The lowest BCUT2D eigenvalue weighted by Gasteiger charge is -1.86. The van der Waals surface area contributed by atoms with Crippen LogP contribution in [0.25, 0.3) is 9.75 Å². The van der Waals surface area contributed by atoms with Crippen LogP contribution < -0.4 is 0 Å². The standard InChI is InChI=1S/C9H7ClS2/c10-5-7-4-9(12-6-7)8-2-1-3-11-8/h1-4,6H,5H2. The summed E-state index contributed by atoms with van der Waals surface area (Å²) in [6.45, 7) is 0. The molecule has 0 saturated carbocycles. The van der Waals surface area contributed by atoms with Gasteiger partial charge in [-0.2, -0.15) is 0 Å². The zero-order chi connectivity index (χ0) is 8.39. The summed E-state index contributed by atoms with van der Waals surface area (Å²) in [6, 6.07) is 6.36. The van der Waals surface area contributed by atoms with E-state index in [1.54, 1.807) is 22.7 Å². The largest absolute Gasteiger partial charge is 0.143 e. The van der Waals surface area contributed by atoms with E-state index in [1.807, 2.05) is 0 Å². The lowest BCUT2D eigenvalue weighted by atomic mass is 10.3. The monoisotopic (exact) mass is 214 g/mol. The molecule has 0 aromatic carbocycles. The van der Waals surface area contributed by atoms with E-state index in [0.717, 1.165) is 0 Å². The molecule has 0 aliphatic rings. The van der Waals surface area contributed by atoms with Crippen LogP contribution in [-0.4, -0.2) is 0 Å². The molecule has 0 fully saturated rings. The molecule has 0 N–H and O–H groups in total. The van der Waals surface area contributed by atoms with Crippen LogP contribution in [0.5, 0.6) is 0 Å². The van der Waals surface area contributed by atoms with Crippen molar-refractivity contribution in [2.75, 3.05) is 0 Å². The second-order valence-corrected chi connectivity index (χ2v) is 4.56. The first-order valence-electron chi connectivity index (χ1n) is 3.57. The van der Waals surface area contributed by atoms with Crippen molar-refractivity contribution in [1.29, 1.82) is 0 Å². The highest BCUT2D eigenvalue weighted by molar-refractivity contribution is 7.20. The SMILES string of the molecule is ClCc1csc(-c2cccs2)c1. The van der Waals surface area contributed by atoms with Crippen LogP contribution in [-0.2, 0) is 5.88 Å². The molecule has 2 rings (SSSR count). The van der Waals surface area contributed by atoms with Crippen molar-refractivity contribution < 1.29 is 0 Å². The Morgan fingerprint density at radius 3 is 2.75 bits per heavy atom. The predicted molar refractivity (Wildman–Crippen MR) is 57.2 cm³/mol. The smallest absolute Gasteiger partial charge is 0.0482 e. The van der Waals surface area contributed by atoms with E-state index in [9.17, 15) is 0 Å². The Bertz CT molecular complexity index is 348. The van der Waals surface area contributed by atoms with Gasteiger partial charge in [-0.3, -0.25) is 0 Å². The Morgan fingerprint density at radius 1 is 1.25 bits per heavy atom. The summed E-state index contributed by atoms with van der Waals surface area (Å²) in [5, 5.41) is 4.21. The Morgan fingerprint density at radius 2 is 2.17 bits per heavy atom. The summed E-state index contributed by atoms with van der Waals surface area (Å²) in [5.74, 6) is 0.613. The van der Waals surface area contributed by atoms with E-state index < -0.39 is 0 Å². The fourth-order valence-corrected chi connectivity index (χ4v) is 3.00. The first kappa shape index (κ1) is 8.30. The molecule has 0 spiro atoms. The number of thiophene rings is 2. The molecule has 0 nitrogen and oxygen atoms in total. The second kappa shape index (κ2) is 3.60. The third kappa shape index (κ3) is 1.56. The lowest BCUT2D eigenvalue weighted by Crippen LogP contribution is -1.65. The van der Waals surface area contributed by atoms with Gasteiger partial charge < -0.3 is 0 Å². The van der Waals surface area contributed by atoms with E-state index >= 15 is 0 Å². The Hall–Kier alpha value is -0.310. The van der Waals surface area contributed by atoms with Gasteiger partial charge in [-0.15, -0.1) is 34.3 Å². The molecule has 2 aromatic rings. The normalized spacial score (nSPS) is 10.4.